The molecule has 0 aliphatic rings. The Kier molecular flexibility index (Phi) is 4.02. The summed E-state index contributed by atoms with van der Waals surface area (Å²) < 4.78 is 11.2. The van der Waals surface area contributed by atoms with Gasteiger partial charge in [-0.1, -0.05) is 6.07 Å². The fraction of sp³-hybridized carbons (Fsp3) is 0.267. The molecule has 1 aromatic carbocycles. The Morgan fingerprint density at radius 2 is 1.89 bits per heavy atom. The Bertz CT molecular complexity index is 551. The lowest BCUT2D eigenvalue weighted by atomic mass is 10.1. The van der Waals surface area contributed by atoms with Crippen LogP contribution >= 0.6 is 0 Å². The number of methoxy groups -OCH3 is 1. The van der Waals surface area contributed by atoms with Crippen molar-refractivity contribution in [1.29, 1.82) is 0 Å². The van der Waals surface area contributed by atoms with E-state index in [0.29, 0.717) is 11.5 Å². The first-order valence-electron chi connectivity index (χ1n) is 6.15. The van der Waals surface area contributed by atoms with Crippen molar-refractivity contribution in [3.05, 3.63) is 47.8 Å². The van der Waals surface area contributed by atoms with E-state index in [1.54, 1.807) is 13.3 Å². The number of benzene rings is 1. The maximum Gasteiger partial charge on any atom is 0.145 e. The van der Waals surface area contributed by atoms with Gasteiger partial charge in [-0.15, -0.1) is 0 Å². The second-order valence-electron chi connectivity index (χ2n) is 4.40. The zero-order chi connectivity index (χ0) is 13.8. The monoisotopic (exact) mass is 258 g/mol. The van der Waals surface area contributed by atoms with Gasteiger partial charge in [0.05, 0.1) is 18.9 Å². The number of pyridine rings is 1. The van der Waals surface area contributed by atoms with Crippen molar-refractivity contribution in [3.8, 4) is 17.2 Å². The van der Waals surface area contributed by atoms with Crippen LogP contribution in [0.15, 0.2) is 36.5 Å². The lowest BCUT2D eigenvalue weighted by Crippen LogP contribution is -2.08. The summed E-state index contributed by atoms with van der Waals surface area (Å²) in [5.74, 6) is 2.10. The number of aryl methyl sites for hydroxylation is 1. The largest absolute Gasteiger partial charge is 0.496 e. The van der Waals surface area contributed by atoms with Crippen molar-refractivity contribution < 1.29 is 9.47 Å². The van der Waals surface area contributed by atoms with E-state index in [1.165, 1.54) is 0 Å². The Morgan fingerprint density at radius 3 is 2.47 bits per heavy atom. The normalized spacial score (nSPS) is 12.0. The molecular formula is C15H18N2O2. The number of aromatic nitrogens is 1. The highest BCUT2D eigenvalue weighted by Gasteiger charge is 2.14. The van der Waals surface area contributed by atoms with Crippen molar-refractivity contribution in [2.45, 2.75) is 19.9 Å². The summed E-state index contributed by atoms with van der Waals surface area (Å²) in [7, 11) is 1.62. The van der Waals surface area contributed by atoms with Gasteiger partial charge in [0.2, 0.25) is 0 Å². The molecule has 1 aromatic heterocycles. The maximum atomic E-state index is 5.99. The number of ether oxygens (including phenoxy) is 2. The summed E-state index contributed by atoms with van der Waals surface area (Å²) in [4.78, 5) is 4.20. The third kappa shape index (κ3) is 3.03. The van der Waals surface area contributed by atoms with Crippen LogP contribution in [-0.4, -0.2) is 12.1 Å². The predicted octanol–water partition coefficient (Wildman–Crippen LogP) is 3.21. The van der Waals surface area contributed by atoms with Gasteiger partial charge in [-0.25, -0.2) is 0 Å². The molecule has 2 aromatic rings. The van der Waals surface area contributed by atoms with Gasteiger partial charge in [0.1, 0.15) is 17.2 Å². The summed E-state index contributed by atoms with van der Waals surface area (Å²) in [6.07, 6.45) is 1.69. The Labute approximate surface area is 113 Å². The van der Waals surface area contributed by atoms with Crippen LogP contribution in [0.3, 0.4) is 0 Å². The number of hydrogen-bond donors (Lipinski definition) is 1. The summed E-state index contributed by atoms with van der Waals surface area (Å²) in [6, 6.07) is 9.24. The minimum Gasteiger partial charge on any atom is -0.496 e. The second kappa shape index (κ2) is 5.71. The van der Waals surface area contributed by atoms with Crippen LogP contribution in [0.4, 0.5) is 0 Å². The smallest absolute Gasteiger partial charge is 0.145 e. The maximum absolute atomic E-state index is 5.99. The van der Waals surface area contributed by atoms with Gasteiger partial charge in [0, 0.05) is 11.7 Å². The van der Waals surface area contributed by atoms with Gasteiger partial charge in [-0.05, 0) is 38.1 Å². The number of hydrogen-bond acceptors (Lipinski definition) is 4. The summed E-state index contributed by atoms with van der Waals surface area (Å²) >= 11 is 0. The molecule has 0 aliphatic heterocycles. The van der Waals surface area contributed by atoms with Crippen LogP contribution in [0.2, 0.25) is 0 Å². The van der Waals surface area contributed by atoms with Gasteiger partial charge in [-0.3, -0.25) is 4.98 Å². The van der Waals surface area contributed by atoms with E-state index in [0.717, 1.165) is 17.0 Å². The van der Waals surface area contributed by atoms with E-state index in [9.17, 15) is 0 Å². The van der Waals surface area contributed by atoms with E-state index in [-0.39, 0.29) is 6.04 Å². The van der Waals surface area contributed by atoms with Crippen molar-refractivity contribution in [2.24, 2.45) is 5.73 Å². The zero-order valence-corrected chi connectivity index (χ0v) is 11.4. The van der Waals surface area contributed by atoms with Crippen LogP contribution in [-0.2, 0) is 0 Å². The first-order chi connectivity index (χ1) is 9.11. The number of nitrogens with two attached hydrogens (primary N) is 1. The molecule has 2 N–H and O–H groups in total. The van der Waals surface area contributed by atoms with E-state index in [2.05, 4.69) is 4.98 Å². The molecule has 1 atom stereocenters. The van der Waals surface area contributed by atoms with Gasteiger partial charge < -0.3 is 15.2 Å². The van der Waals surface area contributed by atoms with E-state index in [1.807, 2.05) is 44.2 Å². The highest BCUT2D eigenvalue weighted by molar-refractivity contribution is 5.48. The molecule has 0 radical (unpaired) electrons. The van der Waals surface area contributed by atoms with E-state index >= 15 is 0 Å². The fourth-order valence-corrected chi connectivity index (χ4v) is 1.88. The minimum atomic E-state index is -0.176. The molecule has 0 amide bonds. The quantitative estimate of drug-likeness (QED) is 0.914. The van der Waals surface area contributed by atoms with E-state index in [4.69, 9.17) is 15.2 Å². The Balaban J connectivity index is 2.36. The molecule has 0 fully saturated rings. The zero-order valence-electron chi connectivity index (χ0n) is 11.4. The van der Waals surface area contributed by atoms with Crippen molar-refractivity contribution in [2.75, 3.05) is 7.11 Å². The average molecular weight is 258 g/mol. The summed E-state index contributed by atoms with van der Waals surface area (Å²) in [5.41, 5.74) is 7.79. The van der Waals surface area contributed by atoms with Crippen molar-refractivity contribution in [3.63, 3.8) is 0 Å². The molecule has 0 saturated carbocycles. The highest BCUT2D eigenvalue weighted by atomic mass is 16.5. The molecule has 0 saturated heterocycles. The van der Waals surface area contributed by atoms with Crippen LogP contribution < -0.4 is 15.2 Å². The molecule has 4 nitrogen and oxygen atoms in total. The SMILES string of the molecule is COc1cccc(Oc2ccc(C)nc2)c1[C@H](C)N. The molecule has 4 heteroatoms. The van der Waals surface area contributed by atoms with Crippen LogP contribution in [0.5, 0.6) is 17.2 Å². The Morgan fingerprint density at radius 1 is 1.16 bits per heavy atom. The van der Waals surface area contributed by atoms with Crippen LogP contribution in [0.1, 0.15) is 24.2 Å². The van der Waals surface area contributed by atoms with Crippen molar-refractivity contribution >= 4 is 0 Å². The lowest BCUT2D eigenvalue weighted by molar-refractivity contribution is 0.397. The van der Waals surface area contributed by atoms with Crippen LogP contribution in [0.25, 0.3) is 0 Å². The molecule has 1 heterocycles. The Hall–Kier alpha value is -2.07. The first-order valence-corrected chi connectivity index (χ1v) is 6.15. The minimum absolute atomic E-state index is 0.176. The third-order valence-corrected chi connectivity index (χ3v) is 2.81. The standard InChI is InChI=1S/C15H18N2O2/c1-10-7-8-12(9-17-10)19-14-6-4-5-13(18-3)15(14)11(2)16/h4-9,11H,16H2,1-3H3/t11-/m0/s1. The van der Waals surface area contributed by atoms with Gasteiger partial charge in [0.15, 0.2) is 0 Å². The fourth-order valence-electron chi connectivity index (χ4n) is 1.88. The van der Waals surface area contributed by atoms with Gasteiger partial charge in [-0.2, -0.15) is 0 Å². The molecule has 0 aliphatic carbocycles. The highest BCUT2D eigenvalue weighted by Crippen LogP contribution is 2.35. The lowest BCUT2D eigenvalue weighted by Gasteiger charge is -2.17. The summed E-state index contributed by atoms with van der Waals surface area (Å²) in [6.45, 7) is 3.83. The molecular weight excluding hydrogens is 240 g/mol. The van der Waals surface area contributed by atoms with Crippen LogP contribution in [0, 0.1) is 6.92 Å². The molecule has 0 spiro atoms. The van der Waals surface area contributed by atoms with Gasteiger partial charge >= 0.3 is 0 Å². The molecule has 19 heavy (non-hydrogen) atoms. The second-order valence-corrected chi connectivity index (χ2v) is 4.40. The average Bonchev–Trinajstić information content (AvgIpc) is 2.40. The third-order valence-electron chi connectivity index (χ3n) is 2.81. The predicted molar refractivity (Wildman–Crippen MR) is 74.6 cm³/mol. The molecule has 100 valence electrons. The molecule has 0 bridgehead atoms. The number of rotatable bonds is 4. The summed E-state index contributed by atoms with van der Waals surface area (Å²) in [5, 5.41) is 0. The van der Waals surface area contributed by atoms with E-state index < -0.39 is 0 Å². The first kappa shape index (κ1) is 13.4. The molecule has 0 unspecified atom stereocenters. The van der Waals surface area contributed by atoms with Gasteiger partial charge in [0.25, 0.3) is 0 Å². The topological polar surface area (TPSA) is 57.4 Å². The number of nitrogens with zero attached hydrogens (tertiary/aromatic N) is 1. The van der Waals surface area contributed by atoms with Crippen molar-refractivity contribution in [1.82, 2.24) is 4.98 Å². The molecule has 2 rings (SSSR count).